The molecule has 0 bridgehead atoms. The molecule has 0 aliphatic heterocycles. The SMILES string of the molecule is CN(C)CCNS(=O)(=O)c1ccc2c(c1)nc(-c1cc(C(F)(F)F)cc(C(F)(F)F)c1)n2Cc1ccccc1. The van der Waals surface area contributed by atoms with Crippen molar-refractivity contribution < 1.29 is 34.8 Å². The molecule has 39 heavy (non-hydrogen) atoms. The fraction of sp³-hybridized carbons (Fsp3) is 0.269. The van der Waals surface area contributed by atoms with Crippen LogP contribution in [0.15, 0.2) is 71.6 Å². The van der Waals surface area contributed by atoms with Gasteiger partial charge in [0.25, 0.3) is 0 Å². The van der Waals surface area contributed by atoms with Crippen LogP contribution in [0.5, 0.6) is 0 Å². The number of nitrogens with zero attached hydrogens (tertiary/aromatic N) is 3. The summed E-state index contributed by atoms with van der Waals surface area (Å²) in [5.74, 6) is -0.166. The molecule has 0 atom stereocenters. The zero-order valence-corrected chi connectivity index (χ0v) is 21.6. The topological polar surface area (TPSA) is 67.2 Å². The highest BCUT2D eigenvalue weighted by Gasteiger charge is 2.37. The zero-order chi connectivity index (χ0) is 28.6. The standard InChI is InChI=1S/C26H24F6N4O2S/c1-35(2)11-10-33-39(37,38)21-8-9-23-22(15-21)34-24(36(23)16-17-6-4-3-5-7-17)18-12-19(25(27,28)29)14-20(13-18)26(30,31)32/h3-9,12-15,33H,10-11,16H2,1-2H3. The van der Waals surface area contributed by atoms with E-state index in [0.717, 1.165) is 0 Å². The Labute approximate surface area is 220 Å². The second-order valence-electron chi connectivity index (χ2n) is 9.15. The van der Waals surface area contributed by atoms with Crippen LogP contribution in [0, 0.1) is 0 Å². The van der Waals surface area contributed by atoms with Gasteiger partial charge in [-0.25, -0.2) is 18.1 Å². The van der Waals surface area contributed by atoms with Crippen molar-refractivity contribution in [1.82, 2.24) is 19.2 Å². The summed E-state index contributed by atoms with van der Waals surface area (Å²) in [5, 5.41) is 0. The first-order valence-corrected chi connectivity index (χ1v) is 13.1. The summed E-state index contributed by atoms with van der Waals surface area (Å²) in [6, 6.07) is 14.0. The summed E-state index contributed by atoms with van der Waals surface area (Å²) in [5.41, 5.74) is -2.20. The highest BCUT2D eigenvalue weighted by Crippen LogP contribution is 2.39. The predicted molar refractivity (Wildman–Crippen MR) is 134 cm³/mol. The van der Waals surface area contributed by atoms with Gasteiger partial charge < -0.3 is 9.47 Å². The van der Waals surface area contributed by atoms with E-state index in [9.17, 15) is 34.8 Å². The summed E-state index contributed by atoms with van der Waals surface area (Å²) < 4.78 is 111. The molecule has 0 aliphatic carbocycles. The van der Waals surface area contributed by atoms with Crippen molar-refractivity contribution in [2.75, 3.05) is 27.2 Å². The number of fused-ring (bicyclic) bond motifs is 1. The summed E-state index contributed by atoms with van der Waals surface area (Å²) in [6.45, 7) is 0.636. The average molecular weight is 571 g/mol. The summed E-state index contributed by atoms with van der Waals surface area (Å²) >= 11 is 0. The van der Waals surface area contributed by atoms with Crippen molar-refractivity contribution in [3.8, 4) is 11.4 Å². The van der Waals surface area contributed by atoms with Crippen LogP contribution in [0.4, 0.5) is 26.3 Å². The second-order valence-corrected chi connectivity index (χ2v) is 10.9. The van der Waals surface area contributed by atoms with Gasteiger partial charge in [-0.3, -0.25) is 0 Å². The molecule has 1 heterocycles. The van der Waals surface area contributed by atoms with Gasteiger partial charge in [0.05, 0.1) is 27.1 Å². The Morgan fingerprint density at radius 3 is 2.05 bits per heavy atom. The molecule has 208 valence electrons. The number of aromatic nitrogens is 2. The molecule has 0 unspecified atom stereocenters. The molecule has 0 spiro atoms. The Hall–Kier alpha value is -3.42. The molecule has 0 aliphatic rings. The first kappa shape index (κ1) is 28.6. The Kier molecular flexibility index (Phi) is 7.79. The maximum absolute atomic E-state index is 13.6. The number of hydrogen-bond acceptors (Lipinski definition) is 4. The highest BCUT2D eigenvalue weighted by molar-refractivity contribution is 7.89. The van der Waals surface area contributed by atoms with Crippen LogP contribution in [0.25, 0.3) is 22.4 Å². The molecular weight excluding hydrogens is 546 g/mol. The van der Waals surface area contributed by atoms with E-state index in [-0.39, 0.29) is 35.4 Å². The minimum Gasteiger partial charge on any atom is -0.319 e. The van der Waals surface area contributed by atoms with Crippen LogP contribution in [-0.2, 0) is 28.9 Å². The number of alkyl halides is 6. The van der Waals surface area contributed by atoms with Crippen LogP contribution in [-0.4, -0.2) is 50.1 Å². The number of rotatable bonds is 8. The van der Waals surface area contributed by atoms with Crippen molar-refractivity contribution in [1.29, 1.82) is 0 Å². The van der Waals surface area contributed by atoms with Gasteiger partial charge in [-0.2, -0.15) is 26.3 Å². The Morgan fingerprint density at radius 1 is 0.872 bits per heavy atom. The smallest absolute Gasteiger partial charge is 0.319 e. The minimum atomic E-state index is -5.04. The fourth-order valence-electron chi connectivity index (χ4n) is 3.99. The lowest BCUT2D eigenvalue weighted by atomic mass is 10.0. The predicted octanol–water partition coefficient (Wildman–Crippen LogP) is 5.63. The third-order valence-electron chi connectivity index (χ3n) is 5.91. The van der Waals surface area contributed by atoms with E-state index in [1.165, 1.54) is 22.8 Å². The summed E-state index contributed by atoms with van der Waals surface area (Å²) in [4.78, 5) is 5.99. The van der Waals surface area contributed by atoms with Crippen LogP contribution in [0.1, 0.15) is 16.7 Å². The van der Waals surface area contributed by atoms with Gasteiger partial charge >= 0.3 is 12.4 Å². The number of hydrogen-bond donors (Lipinski definition) is 1. The van der Waals surface area contributed by atoms with E-state index in [0.29, 0.717) is 29.8 Å². The lowest BCUT2D eigenvalue weighted by Crippen LogP contribution is -2.31. The van der Waals surface area contributed by atoms with Crippen LogP contribution < -0.4 is 4.72 Å². The lowest BCUT2D eigenvalue weighted by Gasteiger charge is -2.15. The lowest BCUT2D eigenvalue weighted by molar-refractivity contribution is -0.143. The van der Waals surface area contributed by atoms with Gasteiger partial charge in [-0.1, -0.05) is 30.3 Å². The maximum atomic E-state index is 13.6. The second kappa shape index (κ2) is 10.6. The van der Waals surface area contributed by atoms with Crippen molar-refractivity contribution in [3.05, 3.63) is 83.4 Å². The summed E-state index contributed by atoms with van der Waals surface area (Å²) in [6.07, 6.45) is -10.1. The van der Waals surface area contributed by atoms with E-state index < -0.39 is 39.1 Å². The van der Waals surface area contributed by atoms with Crippen molar-refractivity contribution in [2.45, 2.75) is 23.8 Å². The molecule has 0 saturated carbocycles. The van der Waals surface area contributed by atoms with Crippen molar-refractivity contribution in [3.63, 3.8) is 0 Å². The number of halogens is 6. The molecular formula is C26H24F6N4O2S. The number of nitrogens with one attached hydrogen (secondary N) is 1. The molecule has 0 radical (unpaired) electrons. The largest absolute Gasteiger partial charge is 0.416 e. The van der Waals surface area contributed by atoms with E-state index >= 15 is 0 Å². The van der Waals surface area contributed by atoms with Crippen molar-refractivity contribution >= 4 is 21.1 Å². The number of likely N-dealkylation sites (N-methyl/N-ethyl adjacent to an activating group) is 1. The summed E-state index contributed by atoms with van der Waals surface area (Å²) in [7, 11) is -0.396. The van der Waals surface area contributed by atoms with E-state index in [2.05, 4.69) is 9.71 Å². The van der Waals surface area contributed by atoms with Gasteiger partial charge in [0, 0.05) is 25.2 Å². The molecule has 1 N–H and O–H groups in total. The van der Waals surface area contributed by atoms with Crippen molar-refractivity contribution in [2.24, 2.45) is 0 Å². The molecule has 0 amide bonds. The average Bonchev–Trinajstić information content (AvgIpc) is 3.20. The fourth-order valence-corrected chi connectivity index (χ4v) is 5.03. The number of sulfonamides is 1. The first-order chi connectivity index (χ1) is 18.1. The molecule has 4 rings (SSSR count). The molecule has 4 aromatic rings. The normalized spacial score (nSPS) is 12.9. The van der Waals surface area contributed by atoms with Gasteiger partial charge in [0.1, 0.15) is 5.82 Å². The zero-order valence-electron chi connectivity index (χ0n) is 20.8. The number of imidazole rings is 1. The quantitative estimate of drug-likeness (QED) is 0.279. The van der Waals surface area contributed by atoms with Gasteiger partial charge in [0.2, 0.25) is 10.0 Å². The Bertz CT molecular complexity index is 1550. The van der Waals surface area contributed by atoms with Crippen LogP contribution in [0.2, 0.25) is 0 Å². The maximum Gasteiger partial charge on any atom is 0.416 e. The van der Waals surface area contributed by atoms with E-state index in [1.807, 2.05) is 0 Å². The Morgan fingerprint density at radius 2 is 1.49 bits per heavy atom. The Balaban J connectivity index is 1.90. The van der Waals surface area contributed by atoms with Gasteiger partial charge in [-0.05, 0) is 56.1 Å². The highest BCUT2D eigenvalue weighted by atomic mass is 32.2. The third-order valence-corrected chi connectivity index (χ3v) is 7.37. The van der Waals surface area contributed by atoms with Gasteiger partial charge in [0.15, 0.2) is 0 Å². The van der Waals surface area contributed by atoms with Crippen LogP contribution >= 0.6 is 0 Å². The molecule has 0 saturated heterocycles. The molecule has 6 nitrogen and oxygen atoms in total. The van der Waals surface area contributed by atoms with Crippen LogP contribution in [0.3, 0.4) is 0 Å². The third kappa shape index (κ3) is 6.60. The molecule has 0 fully saturated rings. The first-order valence-electron chi connectivity index (χ1n) is 11.6. The monoisotopic (exact) mass is 570 g/mol. The van der Waals surface area contributed by atoms with E-state index in [4.69, 9.17) is 0 Å². The number of benzene rings is 3. The molecule has 13 heteroatoms. The minimum absolute atomic E-state index is 0.0533. The van der Waals surface area contributed by atoms with E-state index in [1.54, 1.807) is 49.3 Å². The molecule has 1 aromatic heterocycles. The van der Waals surface area contributed by atoms with Gasteiger partial charge in [-0.15, -0.1) is 0 Å². The molecule has 3 aromatic carbocycles.